The highest BCUT2D eigenvalue weighted by Gasteiger charge is 1.88. The lowest BCUT2D eigenvalue weighted by atomic mass is 10.2. The molecule has 0 aliphatic heterocycles. The molecule has 2 nitrogen and oxygen atoms in total. The molecule has 0 aliphatic rings. The fraction of sp³-hybridized carbons (Fsp3) is 0.250. The number of rotatable bonds is 5. The van der Waals surface area contributed by atoms with Gasteiger partial charge in [0, 0.05) is 13.1 Å². The van der Waals surface area contributed by atoms with Gasteiger partial charge in [-0.1, -0.05) is 36.4 Å². The van der Waals surface area contributed by atoms with E-state index >= 15 is 0 Å². The van der Waals surface area contributed by atoms with Gasteiger partial charge in [-0.15, -0.1) is 0 Å². The molecule has 0 bridgehead atoms. The first-order chi connectivity index (χ1) is 6.79. The molecule has 0 aromatic heterocycles. The van der Waals surface area contributed by atoms with Crippen LogP contribution in [0.25, 0.3) is 0 Å². The van der Waals surface area contributed by atoms with Gasteiger partial charge in [0.1, 0.15) is 0 Å². The van der Waals surface area contributed by atoms with Gasteiger partial charge in [-0.3, -0.25) is 4.79 Å². The van der Waals surface area contributed by atoms with Crippen molar-refractivity contribution in [2.45, 2.75) is 13.5 Å². The van der Waals surface area contributed by atoms with Gasteiger partial charge < -0.3 is 5.32 Å². The van der Waals surface area contributed by atoms with E-state index in [9.17, 15) is 4.79 Å². The molecule has 0 unspecified atom stereocenters. The topological polar surface area (TPSA) is 29.1 Å². The van der Waals surface area contributed by atoms with Crippen LogP contribution >= 0.6 is 0 Å². The minimum Gasteiger partial charge on any atom is -0.309 e. The lowest BCUT2D eigenvalue weighted by Gasteiger charge is -2.00. The van der Waals surface area contributed by atoms with Crippen molar-refractivity contribution in [1.82, 2.24) is 5.32 Å². The van der Waals surface area contributed by atoms with E-state index in [-0.39, 0.29) is 5.78 Å². The molecule has 74 valence electrons. The SMILES string of the molecule is CC(=O)/C=C/CNCc1ccccc1. The Hall–Kier alpha value is -1.41. The largest absolute Gasteiger partial charge is 0.309 e. The average molecular weight is 189 g/mol. The highest BCUT2D eigenvalue weighted by molar-refractivity contribution is 5.87. The molecule has 1 aromatic rings. The third-order valence-electron chi connectivity index (χ3n) is 1.79. The number of allylic oxidation sites excluding steroid dienone is 1. The molecule has 0 saturated carbocycles. The zero-order valence-corrected chi connectivity index (χ0v) is 8.36. The molecule has 14 heavy (non-hydrogen) atoms. The second-order valence-corrected chi connectivity index (χ2v) is 3.13. The Morgan fingerprint density at radius 1 is 1.36 bits per heavy atom. The summed E-state index contributed by atoms with van der Waals surface area (Å²) in [6.07, 6.45) is 3.42. The summed E-state index contributed by atoms with van der Waals surface area (Å²) < 4.78 is 0. The maximum absolute atomic E-state index is 10.6. The second kappa shape index (κ2) is 6.11. The lowest BCUT2D eigenvalue weighted by molar-refractivity contribution is -0.112. The maximum Gasteiger partial charge on any atom is 0.152 e. The summed E-state index contributed by atoms with van der Waals surface area (Å²) in [4.78, 5) is 10.6. The number of carbonyl (C=O) groups excluding carboxylic acids is 1. The van der Waals surface area contributed by atoms with Crippen LogP contribution in [0.1, 0.15) is 12.5 Å². The molecule has 2 heteroatoms. The van der Waals surface area contributed by atoms with E-state index in [2.05, 4.69) is 17.4 Å². The van der Waals surface area contributed by atoms with Crippen molar-refractivity contribution in [2.75, 3.05) is 6.54 Å². The van der Waals surface area contributed by atoms with Gasteiger partial charge in [-0.25, -0.2) is 0 Å². The zero-order chi connectivity index (χ0) is 10.2. The Bertz CT molecular complexity index is 303. The van der Waals surface area contributed by atoms with Crippen molar-refractivity contribution in [2.24, 2.45) is 0 Å². The molecule has 0 atom stereocenters. The molecule has 1 aromatic carbocycles. The van der Waals surface area contributed by atoms with Gasteiger partial charge in [-0.2, -0.15) is 0 Å². The summed E-state index contributed by atoms with van der Waals surface area (Å²) in [5, 5.41) is 3.22. The number of benzene rings is 1. The molecular formula is C12H15NO. The lowest BCUT2D eigenvalue weighted by Crippen LogP contribution is -2.12. The quantitative estimate of drug-likeness (QED) is 0.566. The fourth-order valence-corrected chi connectivity index (χ4v) is 1.12. The average Bonchev–Trinajstić information content (AvgIpc) is 2.18. The Morgan fingerprint density at radius 2 is 2.07 bits per heavy atom. The smallest absolute Gasteiger partial charge is 0.152 e. The minimum atomic E-state index is 0.0894. The normalized spacial score (nSPS) is 10.6. The minimum absolute atomic E-state index is 0.0894. The summed E-state index contributed by atoms with van der Waals surface area (Å²) in [6, 6.07) is 10.2. The standard InChI is InChI=1S/C12H15NO/c1-11(14)6-5-9-13-10-12-7-3-2-4-8-12/h2-8,13H,9-10H2,1H3/b6-5+. The predicted molar refractivity (Wildman–Crippen MR) is 58.0 cm³/mol. The Labute approximate surface area is 84.6 Å². The van der Waals surface area contributed by atoms with Crippen LogP contribution in [0.3, 0.4) is 0 Å². The molecule has 1 rings (SSSR count). The number of hydrogen-bond donors (Lipinski definition) is 1. The van der Waals surface area contributed by atoms with Crippen LogP contribution in [-0.2, 0) is 11.3 Å². The third kappa shape index (κ3) is 4.58. The van der Waals surface area contributed by atoms with E-state index in [4.69, 9.17) is 0 Å². The van der Waals surface area contributed by atoms with Crippen LogP contribution < -0.4 is 5.32 Å². The highest BCUT2D eigenvalue weighted by Crippen LogP contribution is 1.96. The molecular weight excluding hydrogens is 174 g/mol. The van der Waals surface area contributed by atoms with Crippen molar-refractivity contribution in [3.8, 4) is 0 Å². The maximum atomic E-state index is 10.6. The Balaban J connectivity index is 2.19. The fourth-order valence-electron chi connectivity index (χ4n) is 1.12. The molecule has 0 amide bonds. The predicted octanol–water partition coefficient (Wildman–Crippen LogP) is 1.92. The molecule has 0 spiro atoms. The summed E-state index contributed by atoms with van der Waals surface area (Å²) in [6.45, 7) is 3.12. The summed E-state index contributed by atoms with van der Waals surface area (Å²) in [7, 11) is 0. The third-order valence-corrected chi connectivity index (χ3v) is 1.79. The van der Waals surface area contributed by atoms with E-state index in [0.717, 1.165) is 13.1 Å². The van der Waals surface area contributed by atoms with Gasteiger partial charge in [0.05, 0.1) is 0 Å². The van der Waals surface area contributed by atoms with Crippen molar-refractivity contribution < 1.29 is 4.79 Å². The van der Waals surface area contributed by atoms with Crippen molar-refractivity contribution in [3.05, 3.63) is 48.0 Å². The highest BCUT2D eigenvalue weighted by atomic mass is 16.1. The molecule has 0 aliphatic carbocycles. The van der Waals surface area contributed by atoms with Crippen LogP contribution in [0.2, 0.25) is 0 Å². The van der Waals surface area contributed by atoms with Gasteiger partial charge in [-0.05, 0) is 18.6 Å². The first-order valence-corrected chi connectivity index (χ1v) is 4.71. The number of ketones is 1. The van der Waals surface area contributed by atoms with Crippen LogP contribution in [0, 0.1) is 0 Å². The van der Waals surface area contributed by atoms with Crippen LogP contribution in [-0.4, -0.2) is 12.3 Å². The van der Waals surface area contributed by atoms with Crippen LogP contribution in [0.15, 0.2) is 42.5 Å². The van der Waals surface area contributed by atoms with Gasteiger partial charge in [0.15, 0.2) is 5.78 Å². The Morgan fingerprint density at radius 3 is 2.71 bits per heavy atom. The van der Waals surface area contributed by atoms with Crippen LogP contribution in [0.4, 0.5) is 0 Å². The van der Waals surface area contributed by atoms with Crippen molar-refractivity contribution >= 4 is 5.78 Å². The molecule has 0 heterocycles. The first-order valence-electron chi connectivity index (χ1n) is 4.71. The second-order valence-electron chi connectivity index (χ2n) is 3.13. The van der Waals surface area contributed by atoms with E-state index in [1.165, 1.54) is 5.56 Å². The molecule has 1 N–H and O–H groups in total. The van der Waals surface area contributed by atoms with E-state index in [1.54, 1.807) is 13.0 Å². The Kier molecular flexibility index (Phi) is 4.65. The molecule has 0 radical (unpaired) electrons. The summed E-state index contributed by atoms with van der Waals surface area (Å²) in [5.74, 6) is 0.0894. The van der Waals surface area contributed by atoms with Gasteiger partial charge >= 0.3 is 0 Å². The molecule has 0 saturated heterocycles. The van der Waals surface area contributed by atoms with Crippen molar-refractivity contribution in [3.63, 3.8) is 0 Å². The summed E-state index contributed by atoms with van der Waals surface area (Å²) in [5.41, 5.74) is 1.25. The first kappa shape index (κ1) is 10.7. The number of nitrogens with one attached hydrogen (secondary N) is 1. The monoisotopic (exact) mass is 189 g/mol. The van der Waals surface area contributed by atoms with Gasteiger partial charge in [0.25, 0.3) is 0 Å². The van der Waals surface area contributed by atoms with Gasteiger partial charge in [0.2, 0.25) is 0 Å². The van der Waals surface area contributed by atoms with Crippen LogP contribution in [0.5, 0.6) is 0 Å². The molecule has 0 fully saturated rings. The van der Waals surface area contributed by atoms with E-state index < -0.39 is 0 Å². The van der Waals surface area contributed by atoms with E-state index in [1.807, 2.05) is 24.3 Å². The van der Waals surface area contributed by atoms with Crippen molar-refractivity contribution in [1.29, 1.82) is 0 Å². The number of carbonyl (C=O) groups is 1. The number of hydrogen-bond acceptors (Lipinski definition) is 2. The zero-order valence-electron chi connectivity index (χ0n) is 8.36. The summed E-state index contributed by atoms with van der Waals surface area (Å²) >= 11 is 0. The van der Waals surface area contributed by atoms with E-state index in [0.29, 0.717) is 0 Å².